The number of nitrogen functional groups attached to an aromatic ring is 1. The molecule has 0 spiro atoms. The molecule has 0 aromatic carbocycles. The minimum Gasteiger partial charge on any atom is -0.383 e. The van der Waals surface area contributed by atoms with Crippen LogP contribution >= 0.6 is 11.6 Å². The third kappa shape index (κ3) is 2.40. The zero-order valence-corrected chi connectivity index (χ0v) is 10.0. The van der Waals surface area contributed by atoms with E-state index in [2.05, 4.69) is 15.4 Å². The van der Waals surface area contributed by atoms with Crippen molar-refractivity contribution in [2.75, 3.05) is 5.73 Å². The molecule has 0 radical (unpaired) electrons. The normalized spacial score (nSPS) is 12.4. The molecule has 2 aromatic rings. The Balaban J connectivity index is 2.52. The Labute approximate surface area is 108 Å². The van der Waals surface area contributed by atoms with Crippen molar-refractivity contribution in [3.8, 4) is 0 Å². The predicted molar refractivity (Wildman–Crippen MR) is 67.0 cm³/mol. The summed E-state index contributed by atoms with van der Waals surface area (Å²) >= 11 is 5.84. The Hall–Kier alpha value is -1.76. The van der Waals surface area contributed by atoms with Gasteiger partial charge in [0.1, 0.15) is 11.6 Å². The first kappa shape index (κ1) is 12.7. The zero-order valence-electron chi connectivity index (χ0n) is 9.27. The summed E-state index contributed by atoms with van der Waals surface area (Å²) in [6.07, 6.45) is 2.87. The van der Waals surface area contributed by atoms with Crippen molar-refractivity contribution in [1.82, 2.24) is 15.4 Å². The molecule has 2 heterocycles. The molecule has 5 nitrogen and oxygen atoms in total. The van der Waals surface area contributed by atoms with E-state index in [0.29, 0.717) is 10.6 Å². The predicted octanol–water partition coefficient (Wildman–Crippen LogP) is 1.40. The van der Waals surface area contributed by atoms with Crippen LogP contribution in [0.1, 0.15) is 17.3 Å². The van der Waals surface area contributed by atoms with E-state index in [9.17, 15) is 4.39 Å². The van der Waals surface area contributed by atoms with Crippen molar-refractivity contribution >= 4 is 17.4 Å². The lowest BCUT2D eigenvalue weighted by molar-refractivity contribution is 0.544. The number of halogens is 2. The first-order valence-corrected chi connectivity index (χ1v) is 5.48. The van der Waals surface area contributed by atoms with E-state index in [1.54, 1.807) is 6.07 Å². The van der Waals surface area contributed by atoms with Crippen LogP contribution in [0, 0.1) is 5.82 Å². The van der Waals surface area contributed by atoms with Gasteiger partial charge in [-0.25, -0.2) is 14.8 Å². The fourth-order valence-corrected chi connectivity index (χ4v) is 1.79. The van der Waals surface area contributed by atoms with E-state index in [4.69, 9.17) is 23.2 Å². The standard InChI is InChI=1S/C11H11ClFN5/c12-6-4-7(11(14)17-5-6)9(18-15)10-8(13)2-1-3-16-10/h1-5,9,18H,15H2,(H2,14,17). The number of hydrazine groups is 1. The Morgan fingerprint density at radius 1 is 1.39 bits per heavy atom. The van der Waals surface area contributed by atoms with Gasteiger partial charge in [-0.15, -0.1) is 0 Å². The van der Waals surface area contributed by atoms with Crippen LogP contribution in [0.4, 0.5) is 10.2 Å². The molecule has 0 amide bonds. The summed E-state index contributed by atoms with van der Waals surface area (Å²) in [5.74, 6) is 5.17. The molecule has 2 aromatic heterocycles. The second-order valence-corrected chi connectivity index (χ2v) is 4.03. The highest BCUT2D eigenvalue weighted by Gasteiger charge is 2.21. The van der Waals surface area contributed by atoms with Crippen molar-refractivity contribution in [3.05, 3.63) is 52.7 Å². The molecule has 0 saturated carbocycles. The summed E-state index contributed by atoms with van der Waals surface area (Å²) in [5, 5.41) is 0.385. The Kier molecular flexibility index (Phi) is 3.71. The van der Waals surface area contributed by atoms with Crippen LogP contribution in [0.2, 0.25) is 5.02 Å². The van der Waals surface area contributed by atoms with E-state index in [1.165, 1.54) is 24.5 Å². The van der Waals surface area contributed by atoms with Crippen LogP contribution in [-0.4, -0.2) is 9.97 Å². The van der Waals surface area contributed by atoms with Crippen LogP contribution < -0.4 is 17.0 Å². The highest BCUT2D eigenvalue weighted by molar-refractivity contribution is 6.30. The smallest absolute Gasteiger partial charge is 0.146 e. The quantitative estimate of drug-likeness (QED) is 0.578. The number of hydrogen-bond acceptors (Lipinski definition) is 5. The first-order valence-electron chi connectivity index (χ1n) is 5.11. The lowest BCUT2D eigenvalue weighted by atomic mass is 10.0. The SMILES string of the molecule is NNC(c1cc(Cl)cnc1N)c1ncccc1F. The van der Waals surface area contributed by atoms with Gasteiger partial charge in [-0.2, -0.15) is 0 Å². The van der Waals surface area contributed by atoms with Gasteiger partial charge < -0.3 is 5.73 Å². The van der Waals surface area contributed by atoms with Crippen molar-refractivity contribution in [3.63, 3.8) is 0 Å². The molecular weight excluding hydrogens is 257 g/mol. The highest BCUT2D eigenvalue weighted by Crippen LogP contribution is 2.27. The van der Waals surface area contributed by atoms with Gasteiger partial charge in [-0.3, -0.25) is 10.8 Å². The van der Waals surface area contributed by atoms with E-state index >= 15 is 0 Å². The summed E-state index contributed by atoms with van der Waals surface area (Å²) in [7, 11) is 0. The zero-order chi connectivity index (χ0) is 13.1. The minimum atomic E-state index is -0.711. The molecule has 0 aliphatic heterocycles. The number of rotatable bonds is 3. The molecule has 1 atom stereocenters. The van der Waals surface area contributed by atoms with E-state index in [-0.39, 0.29) is 11.5 Å². The monoisotopic (exact) mass is 267 g/mol. The molecule has 0 saturated heterocycles. The van der Waals surface area contributed by atoms with Crippen LogP contribution in [0.15, 0.2) is 30.6 Å². The number of aromatic nitrogens is 2. The average Bonchev–Trinajstić information content (AvgIpc) is 2.36. The average molecular weight is 268 g/mol. The second-order valence-electron chi connectivity index (χ2n) is 3.60. The van der Waals surface area contributed by atoms with Gasteiger partial charge in [0.2, 0.25) is 0 Å². The summed E-state index contributed by atoms with van der Waals surface area (Å²) in [5.41, 5.74) is 8.81. The molecule has 0 aliphatic rings. The molecule has 0 aliphatic carbocycles. The first-order chi connectivity index (χ1) is 8.63. The lowest BCUT2D eigenvalue weighted by Gasteiger charge is -2.17. The Bertz CT molecular complexity index is 563. The van der Waals surface area contributed by atoms with Gasteiger partial charge in [0.25, 0.3) is 0 Å². The van der Waals surface area contributed by atoms with Crippen LogP contribution in [0.5, 0.6) is 0 Å². The Morgan fingerprint density at radius 2 is 2.17 bits per heavy atom. The van der Waals surface area contributed by atoms with Gasteiger partial charge in [0, 0.05) is 18.0 Å². The van der Waals surface area contributed by atoms with E-state index in [0.717, 1.165) is 0 Å². The second kappa shape index (κ2) is 5.26. The summed E-state index contributed by atoms with van der Waals surface area (Å²) in [6, 6.07) is 3.65. The summed E-state index contributed by atoms with van der Waals surface area (Å²) < 4.78 is 13.7. The Morgan fingerprint density at radius 3 is 2.83 bits per heavy atom. The highest BCUT2D eigenvalue weighted by atomic mass is 35.5. The van der Waals surface area contributed by atoms with E-state index in [1.807, 2.05) is 0 Å². The molecular formula is C11H11ClFN5. The molecule has 94 valence electrons. The largest absolute Gasteiger partial charge is 0.383 e. The number of anilines is 1. The van der Waals surface area contributed by atoms with Gasteiger partial charge in [0.05, 0.1) is 16.8 Å². The maximum atomic E-state index is 13.7. The summed E-state index contributed by atoms with van der Waals surface area (Å²) in [6.45, 7) is 0. The van der Waals surface area contributed by atoms with Crippen LogP contribution in [0.25, 0.3) is 0 Å². The summed E-state index contributed by atoms with van der Waals surface area (Å²) in [4.78, 5) is 7.86. The topological polar surface area (TPSA) is 89.8 Å². The third-order valence-electron chi connectivity index (χ3n) is 2.45. The molecule has 2 rings (SSSR count). The van der Waals surface area contributed by atoms with Crippen LogP contribution in [-0.2, 0) is 0 Å². The van der Waals surface area contributed by atoms with Crippen molar-refractivity contribution < 1.29 is 4.39 Å². The van der Waals surface area contributed by atoms with Crippen LogP contribution in [0.3, 0.4) is 0 Å². The maximum absolute atomic E-state index is 13.7. The van der Waals surface area contributed by atoms with Gasteiger partial charge in [-0.1, -0.05) is 11.6 Å². The van der Waals surface area contributed by atoms with Crippen molar-refractivity contribution in [2.45, 2.75) is 6.04 Å². The maximum Gasteiger partial charge on any atom is 0.146 e. The minimum absolute atomic E-state index is 0.135. The molecule has 0 bridgehead atoms. The number of pyridine rings is 2. The molecule has 1 unspecified atom stereocenters. The van der Waals surface area contributed by atoms with Crippen molar-refractivity contribution in [2.24, 2.45) is 5.84 Å². The van der Waals surface area contributed by atoms with Gasteiger partial charge in [0.15, 0.2) is 0 Å². The third-order valence-corrected chi connectivity index (χ3v) is 2.66. The fourth-order valence-electron chi connectivity index (χ4n) is 1.62. The molecule has 0 fully saturated rings. The number of hydrogen-bond donors (Lipinski definition) is 3. The van der Waals surface area contributed by atoms with E-state index < -0.39 is 11.9 Å². The van der Waals surface area contributed by atoms with Gasteiger partial charge in [-0.05, 0) is 18.2 Å². The fraction of sp³-hybridized carbons (Fsp3) is 0.0909. The number of nitrogens with one attached hydrogen (secondary N) is 1. The molecule has 5 N–H and O–H groups in total. The molecule has 7 heteroatoms. The number of nitrogens with two attached hydrogens (primary N) is 2. The van der Waals surface area contributed by atoms with Gasteiger partial charge >= 0.3 is 0 Å². The lowest BCUT2D eigenvalue weighted by Crippen LogP contribution is -2.31. The molecule has 18 heavy (non-hydrogen) atoms. The van der Waals surface area contributed by atoms with Crippen molar-refractivity contribution in [1.29, 1.82) is 0 Å². The number of nitrogens with zero attached hydrogens (tertiary/aromatic N) is 2.